The van der Waals surface area contributed by atoms with Gasteiger partial charge in [0, 0.05) is 22.7 Å². The van der Waals surface area contributed by atoms with Crippen LogP contribution in [0, 0.1) is 12.7 Å². The van der Waals surface area contributed by atoms with Gasteiger partial charge in [0.15, 0.2) is 0 Å². The van der Waals surface area contributed by atoms with Crippen molar-refractivity contribution in [2.24, 2.45) is 0 Å². The fourth-order valence-corrected chi connectivity index (χ4v) is 5.67. The van der Waals surface area contributed by atoms with Crippen LogP contribution in [0.3, 0.4) is 0 Å². The van der Waals surface area contributed by atoms with E-state index in [4.69, 9.17) is 9.72 Å². The summed E-state index contributed by atoms with van der Waals surface area (Å²) in [6.07, 6.45) is 9.77. The molecule has 4 aromatic heterocycles. The molecule has 6 nitrogen and oxygen atoms in total. The summed E-state index contributed by atoms with van der Waals surface area (Å²) < 4.78 is 20.4. The second kappa shape index (κ2) is 9.66. The molecule has 0 spiro atoms. The Labute approximate surface area is 225 Å². The minimum atomic E-state index is -0.240. The van der Waals surface area contributed by atoms with Gasteiger partial charge in [-0.2, -0.15) is 5.10 Å². The van der Waals surface area contributed by atoms with Gasteiger partial charge in [-0.25, -0.2) is 9.37 Å². The summed E-state index contributed by atoms with van der Waals surface area (Å²) in [5, 5.41) is 8.72. The third-order valence-corrected chi connectivity index (χ3v) is 7.54. The Morgan fingerprint density at radius 2 is 1.79 bits per heavy atom. The maximum Gasteiger partial charge on any atom is 0.138 e. The van der Waals surface area contributed by atoms with Crippen LogP contribution in [0.15, 0.2) is 73.1 Å². The summed E-state index contributed by atoms with van der Waals surface area (Å²) in [7, 11) is 0. The van der Waals surface area contributed by atoms with Crippen LogP contribution in [0.5, 0.6) is 5.75 Å². The summed E-state index contributed by atoms with van der Waals surface area (Å²) in [4.78, 5) is 12.9. The average molecular weight is 518 g/mol. The van der Waals surface area contributed by atoms with E-state index in [-0.39, 0.29) is 11.9 Å². The molecule has 1 aliphatic carbocycles. The Morgan fingerprint density at radius 1 is 0.897 bits per heavy atom. The first-order valence-corrected chi connectivity index (χ1v) is 13.5. The van der Waals surface area contributed by atoms with Crippen molar-refractivity contribution in [1.82, 2.24) is 25.1 Å². The van der Waals surface area contributed by atoms with E-state index in [0.717, 1.165) is 79.9 Å². The number of benzene rings is 2. The molecule has 1 aliphatic rings. The molecular formula is C32H28FN5O. The van der Waals surface area contributed by atoms with E-state index < -0.39 is 0 Å². The van der Waals surface area contributed by atoms with E-state index in [1.807, 2.05) is 55.6 Å². The van der Waals surface area contributed by atoms with Crippen LogP contribution in [-0.2, 0) is 0 Å². The Morgan fingerprint density at radius 3 is 2.67 bits per heavy atom. The number of H-pyrrole nitrogens is 2. The number of fused-ring (bicyclic) bond motifs is 2. The Balaban J connectivity index is 1.26. The highest BCUT2D eigenvalue weighted by atomic mass is 19.1. The smallest absolute Gasteiger partial charge is 0.138 e. The molecule has 4 heterocycles. The molecule has 1 fully saturated rings. The van der Waals surface area contributed by atoms with E-state index in [1.165, 1.54) is 19.3 Å². The summed E-state index contributed by atoms with van der Waals surface area (Å²) in [5.74, 6) is 0.542. The molecule has 0 bridgehead atoms. The van der Waals surface area contributed by atoms with Gasteiger partial charge in [0.2, 0.25) is 0 Å². The molecular weight excluding hydrogens is 489 g/mol. The maximum absolute atomic E-state index is 14.2. The lowest BCUT2D eigenvalue weighted by Crippen LogP contribution is -2.19. The van der Waals surface area contributed by atoms with Gasteiger partial charge in [-0.3, -0.25) is 10.1 Å². The maximum atomic E-state index is 14.2. The molecule has 0 aliphatic heterocycles. The van der Waals surface area contributed by atoms with Gasteiger partial charge in [0.05, 0.1) is 29.2 Å². The standard InChI is InChI=1S/C32H28FN5O/c1-19-12-20(14-22(33)13-19)25-8-5-9-28-26(25)16-30(35-28)32-31-29(37-38-32)11-10-27(36-31)21-15-24(18-34-17-21)39-23-6-3-2-4-7-23/h5,8-18,23,35H,2-4,6-7H2,1H3,(H,37,38). The van der Waals surface area contributed by atoms with Crippen molar-refractivity contribution in [1.29, 1.82) is 0 Å². The van der Waals surface area contributed by atoms with E-state index >= 15 is 0 Å². The highest BCUT2D eigenvalue weighted by Gasteiger charge is 2.18. The van der Waals surface area contributed by atoms with Crippen LogP contribution >= 0.6 is 0 Å². The average Bonchev–Trinajstić information content (AvgIpc) is 3.57. The van der Waals surface area contributed by atoms with Gasteiger partial charge < -0.3 is 9.72 Å². The lowest BCUT2D eigenvalue weighted by molar-refractivity contribution is 0.154. The molecule has 0 atom stereocenters. The first-order chi connectivity index (χ1) is 19.1. The molecule has 0 radical (unpaired) electrons. The van der Waals surface area contributed by atoms with Gasteiger partial charge in [0.25, 0.3) is 0 Å². The van der Waals surface area contributed by atoms with Crippen LogP contribution in [0.25, 0.3) is 55.7 Å². The number of aromatic nitrogens is 5. The first kappa shape index (κ1) is 23.6. The molecule has 1 saturated carbocycles. The fraction of sp³-hybridized carbons (Fsp3) is 0.219. The zero-order chi connectivity index (χ0) is 26.3. The van der Waals surface area contributed by atoms with Gasteiger partial charge in [-0.05, 0) is 91.8 Å². The van der Waals surface area contributed by atoms with Crippen LogP contribution in [0.2, 0.25) is 0 Å². The topological polar surface area (TPSA) is 79.5 Å². The zero-order valence-electron chi connectivity index (χ0n) is 21.7. The van der Waals surface area contributed by atoms with E-state index in [9.17, 15) is 4.39 Å². The number of nitrogens with one attached hydrogen (secondary N) is 2. The van der Waals surface area contributed by atoms with Crippen LogP contribution in [0.4, 0.5) is 4.39 Å². The van der Waals surface area contributed by atoms with Crippen molar-refractivity contribution in [3.63, 3.8) is 0 Å². The molecule has 0 saturated heterocycles. The lowest BCUT2D eigenvalue weighted by Gasteiger charge is -2.22. The molecule has 2 N–H and O–H groups in total. The quantitative estimate of drug-likeness (QED) is 0.243. The molecule has 0 unspecified atom stereocenters. The van der Waals surface area contributed by atoms with Crippen molar-refractivity contribution >= 4 is 21.9 Å². The molecule has 7 heteroatoms. The summed E-state index contributed by atoms with van der Waals surface area (Å²) in [6.45, 7) is 1.90. The minimum Gasteiger partial charge on any atom is -0.489 e. The normalized spacial score (nSPS) is 14.3. The van der Waals surface area contributed by atoms with Crippen molar-refractivity contribution in [2.45, 2.75) is 45.1 Å². The van der Waals surface area contributed by atoms with Crippen molar-refractivity contribution < 1.29 is 9.13 Å². The third kappa shape index (κ3) is 4.54. The summed E-state index contributed by atoms with van der Waals surface area (Å²) in [5.41, 5.74) is 8.53. The van der Waals surface area contributed by atoms with Gasteiger partial charge in [-0.15, -0.1) is 0 Å². The molecule has 7 rings (SSSR count). The summed E-state index contributed by atoms with van der Waals surface area (Å²) in [6, 6.07) is 19.2. The molecule has 6 aromatic rings. The van der Waals surface area contributed by atoms with E-state index in [0.29, 0.717) is 0 Å². The Bertz CT molecular complexity index is 1790. The number of aryl methyl sites for hydroxylation is 1. The lowest BCUT2D eigenvalue weighted by atomic mass is 9.98. The largest absolute Gasteiger partial charge is 0.489 e. The Kier molecular flexibility index (Phi) is 5.84. The third-order valence-electron chi connectivity index (χ3n) is 7.54. The minimum absolute atomic E-state index is 0.240. The first-order valence-electron chi connectivity index (χ1n) is 13.5. The number of nitrogens with zero attached hydrogens (tertiary/aromatic N) is 3. The predicted octanol–water partition coefficient (Wildman–Crippen LogP) is 7.99. The monoisotopic (exact) mass is 517 g/mol. The van der Waals surface area contributed by atoms with Crippen molar-refractivity contribution in [2.75, 3.05) is 0 Å². The van der Waals surface area contributed by atoms with Crippen LogP contribution in [0.1, 0.15) is 37.7 Å². The number of hydrogen-bond donors (Lipinski definition) is 2. The second-order valence-electron chi connectivity index (χ2n) is 10.4. The highest BCUT2D eigenvalue weighted by molar-refractivity contribution is 6.00. The second-order valence-corrected chi connectivity index (χ2v) is 10.4. The van der Waals surface area contributed by atoms with E-state index in [2.05, 4.69) is 26.2 Å². The highest BCUT2D eigenvalue weighted by Crippen LogP contribution is 2.35. The molecule has 194 valence electrons. The number of rotatable bonds is 5. The fourth-order valence-electron chi connectivity index (χ4n) is 5.67. The molecule has 2 aromatic carbocycles. The van der Waals surface area contributed by atoms with Crippen molar-refractivity contribution in [3.8, 4) is 39.5 Å². The molecule has 0 amide bonds. The van der Waals surface area contributed by atoms with Gasteiger partial charge >= 0.3 is 0 Å². The Hall–Kier alpha value is -4.52. The molecule has 39 heavy (non-hydrogen) atoms. The number of ether oxygens (including phenoxy) is 1. The predicted molar refractivity (Wildman–Crippen MR) is 152 cm³/mol. The van der Waals surface area contributed by atoms with Crippen LogP contribution < -0.4 is 4.74 Å². The summed E-state index contributed by atoms with van der Waals surface area (Å²) >= 11 is 0. The zero-order valence-corrected chi connectivity index (χ0v) is 21.7. The number of halogens is 1. The van der Waals surface area contributed by atoms with Crippen molar-refractivity contribution in [3.05, 3.63) is 84.4 Å². The van der Waals surface area contributed by atoms with Crippen LogP contribution in [-0.4, -0.2) is 31.3 Å². The SMILES string of the molecule is Cc1cc(F)cc(-c2cccc3[nH]c(-c4n[nH]c5ccc(-c6cncc(OC7CCCCC7)c6)nc45)cc23)c1. The van der Waals surface area contributed by atoms with E-state index in [1.54, 1.807) is 18.3 Å². The number of pyridine rings is 2. The number of hydrogen-bond acceptors (Lipinski definition) is 4. The number of aromatic amines is 2. The van der Waals surface area contributed by atoms with Gasteiger partial charge in [0.1, 0.15) is 22.8 Å². The van der Waals surface area contributed by atoms with Gasteiger partial charge in [-0.1, -0.05) is 24.6 Å².